The lowest BCUT2D eigenvalue weighted by Crippen LogP contribution is -2.25. The maximum absolute atomic E-state index is 2.27. The van der Waals surface area contributed by atoms with Crippen molar-refractivity contribution in [2.75, 3.05) is 35.2 Å². The van der Waals surface area contributed by atoms with Crippen LogP contribution in [0.4, 0.5) is 0 Å². The summed E-state index contributed by atoms with van der Waals surface area (Å²) in [6.07, 6.45) is 2.19. The lowest BCUT2D eigenvalue weighted by atomic mass is 10.4. The quantitative estimate of drug-likeness (QED) is 0.648. The summed E-state index contributed by atoms with van der Waals surface area (Å²) in [6.45, 7) is 4.24. The van der Waals surface area contributed by atoms with Crippen molar-refractivity contribution in [3.8, 4) is 0 Å². The Balaban J connectivity index is 4.47. The molecule has 0 amide bonds. The standard InChI is InChI=1S/C9H22N3P/c1-9(2)8-12(7)13(10(3)4)11(5)6/h8H,1-7H3. The minimum absolute atomic E-state index is 0.349. The van der Waals surface area contributed by atoms with Gasteiger partial charge in [0.1, 0.15) is 8.37 Å². The second-order valence-electron chi connectivity index (χ2n) is 3.74. The molecule has 0 unspecified atom stereocenters. The minimum Gasteiger partial charge on any atom is -0.336 e. The maximum atomic E-state index is 2.27. The van der Waals surface area contributed by atoms with Crippen molar-refractivity contribution >= 4 is 8.37 Å². The first-order valence-electron chi connectivity index (χ1n) is 4.38. The van der Waals surface area contributed by atoms with Gasteiger partial charge in [0, 0.05) is 13.2 Å². The summed E-state index contributed by atoms with van der Waals surface area (Å²) in [5, 5.41) is 0. The van der Waals surface area contributed by atoms with Crippen molar-refractivity contribution in [2.45, 2.75) is 13.8 Å². The van der Waals surface area contributed by atoms with Crippen molar-refractivity contribution in [3.05, 3.63) is 11.8 Å². The first-order valence-corrected chi connectivity index (χ1v) is 5.58. The normalized spacial score (nSPS) is 11.2. The SMILES string of the molecule is CC(C)=CN(C)P(N(C)C)N(C)C. The predicted molar refractivity (Wildman–Crippen MR) is 61.5 cm³/mol. The van der Waals surface area contributed by atoms with Crippen LogP contribution in [0.15, 0.2) is 11.8 Å². The van der Waals surface area contributed by atoms with Gasteiger partial charge in [-0.15, -0.1) is 0 Å². The molecule has 4 heteroatoms. The summed E-state index contributed by atoms with van der Waals surface area (Å²) >= 11 is 0. The van der Waals surface area contributed by atoms with Gasteiger partial charge in [0.05, 0.1) is 0 Å². The Kier molecular flexibility index (Phi) is 5.54. The van der Waals surface area contributed by atoms with Gasteiger partial charge in [-0.2, -0.15) is 0 Å². The predicted octanol–water partition coefficient (Wildman–Crippen LogP) is 2.19. The van der Waals surface area contributed by atoms with Crippen LogP contribution < -0.4 is 0 Å². The Hall–Kier alpha value is -0.110. The molecule has 0 saturated heterocycles. The molecule has 78 valence electrons. The summed E-state index contributed by atoms with van der Waals surface area (Å²) in [6, 6.07) is 0. The van der Waals surface area contributed by atoms with E-state index in [-0.39, 0.29) is 8.37 Å². The van der Waals surface area contributed by atoms with E-state index >= 15 is 0 Å². The highest BCUT2D eigenvalue weighted by Crippen LogP contribution is 2.42. The average molecular weight is 203 g/mol. The molecule has 0 atom stereocenters. The van der Waals surface area contributed by atoms with Crippen LogP contribution in [0.1, 0.15) is 13.8 Å². The number of hydrogen-bond donors (Lipinski definition) is 0. The summed E-state index contributed by atoms with van der Waals surface area (Å²) in [7, 11) is 10.2. The van der Waals surface area contributed by atoms with Crippen LogP contribution in [0.5, 0.6) is 0 Å². The molecule has 3 nitrogen and oxygen atoms in total. The molecule has 0 rings (SSSR count). The third-order valence-electron chi connectivity index (χ3n) is 1.44. The molecule has 0 spiro atoms. The third kappa shape index (κ3) is 4.61. The van der Waals surface area contributed by atoms with Gasteiger partial charge in [-0.1, -0.05) is 5.57 Å². The Morgan fingerprint density at radius 2 is 1.31 bits per heavy atom. The first kappa shape index (κ1) is 12.9. The topological polar surface area (TPSA) is 9.72 Å². The van der Waals surface area contributed by atoms with Crippen LogP contribution in [-0.2, 0) is 0 Å². The van der Waals surface area contributed by atoms with E-state index in [1.807, 2.05) is 0 Å². The van der Waals surface area contributed by atoms with Crippen LogP contribution in [-0.4, -0.2) is 49.2 Å². The third-order valence-corrected chi connectivity index (χ3v) is 3.55. The molecule has 0 aliphatic rings. The molecule has 0 N–H and O–H groups in total. The van der Waals surface area contributed by atoms with Crippen LogP contribution in [0.3, 0.4) is 0 Å². The minimum atomic E-state index is -0.349. The van der Waals surface area contributed by atoms with Gasteiger partial charge in [-0.3, -0.25) is 9.34 Å². The van der Waals surface area contributed by atoms with Gasteiger partial charge in [-0.05, 0) is 42.0 Å². The van der Waals surface area contributed by atoms with E-state index in [0.29, 0.717) is 0 Å². The summed E-state index contributed by atoms with van der Waals surface area (Å²) < 4.78 is 6.76. The molecule has 0 aromatic heterocycles. The average Bonchev–Trinajstić information content (AvgIpc) is 1.81. The lowest BCUT2D eigenvalue weighted by Gasteiger charge is -2.36. The maximum Gasteiger partial charge on any atom is 0.147 e. The zero-order chi connectivity index (χ0) is 10.6. The second kappa shape index (κ2) is 5.58. The van der Waals surface area contributed by atoms with Crippen molar-refractivity contribution in [1.29, 1.82) is 0 Å². The lowest BCUT2D eigenvalue weighted by molar-refractivity contribution is 0.507. The molecule has 0 radical (unpaired) electrons. The Bertz CT molecular complexity index is 166. The highest BCUT2D eigenvalue weighted by Gasteiger charge is 2.17. The number of allylic oxidation sites excluding steroid dienone is 1. The summed E-state index contributed by atoms with van der Waals surface area (Å²) in [4.78, 5) is 0. The zero-order valence-electron chi connectivity index (χ0n) is 9.87. The molecule has 0 saturated carbocycles. The Labute approximate surface area is 83.9 Å². The monoisotopic (exact) mass is 203 g/mol. The Morgan fingerprint density at radius 1 is 0.923 bits per heavy atom. The van der Waals surface area contributed by atoms with Crippen LogP contribution in [0.25, 0.3) is 0 Å². The molecule has 0 aliphatic carbocycles. The van der Waals surface area contributed by atoms with E-state index in [2.05, 4.69) is 69.3 Å². The molecule has 0 aliphatic heterocycles. The fourth-order valence-corrected chi connectivity index (χ4v) is 3.53. The van der Waals surface area contributed by atoms with Crippen molar-refractivity contribution in [2.24, 2.45) is 0 Å². The fourth-order valence-electron chi connectivity index (χ4n) is 1.35. The molecule has 0 bridgehead atoms. The van der Waals surface area contributed by atoms with Crippen molar-refractivity contribution < 1.29 is 0 Å². The number of rotatable bonds is 4. The van der Waals surface area contributed by atoms with Crippen molar-refractivity contribution in [3.63, 3.8) is 0 Å². The highest BCUT2D eigenvalue weighted by atomic mass is 31.2. The van der Waals surface area contributed by atoms with Gasteiger partial charge in [0.15, 0.2) is 0 Å². The van der Waals surface area contributed by atoms with Gasteiger partial charge in [0.2, 0.25) is 0 Å². The number of nitrogens with zero attached hydrogens (tertiary/aromatic N) is 3. The second-order valence-corrected chi connectivity index (χ2v) is 6.51. The van der Waals surface area contributed by atoms with E-state index in [1.165, 1.54) is 5.57 Å². The molecule has 13 heavy (non-hydrogen) atoms. The van der Waals surface area contributed by atoms with Gasteiger partial charge < -0.3 is 4.67 Å². The van der Waals surface area contributed by atoms with Gasteiger partial charge >= 0.3 is 0 Å². The van der Waals surface area contributed by atoms with Crippen LogP contribution in [0, 0.1) is 0 Å². The van der Waals surface area contributed by atoms with Gasteiger partial charge in [-0.25, -0.2) is 0 Å². The molecular weight excluding hydrogens is 181 g/mol. The van der Waals surface area contributed by atoms with E-state index in [9.17, 15) is 0 Å². The smallest absolute Gasteiger partial charge is 0.147 e. The van der Waals surface area contributed by atoms with E-state index in [0.717, 1.165) is 0 Å². The fraction of sp³-hybridized carbons (Fsp3) is 0.778. The molecule has 0 aromatic rings. The largest absolute Gasteiger partial charge is 0.336 e. The molecule has 0 fully saturated rings. The molecular formula is C9H22N3P. The zero-order valence-corrected chi connectivity index (χ0v) is 10.8. The van der Waals surface area contributed by atoms with Crippen LogP contribution >= 0.6 is 8.37 Å². The van der Waals surface area contributed by atoms with E-state index in [4.69, 9.17) is 0 Å². The van der Waals surface area contributed by atoms with Crippen LogP contribution in [0.2, 0.25) is 0 Å². The van der Waals surface area contributed by atoms with Crippen molar-refractivity contribution in [1.82, 2.24) is 14.0 Å². The highest BCUT2D eigenvalue weighted by molar-refractivity contribution is 7.50. The summed E-state index contributed by atoms with van der Waals surface area (Å²) in [5.41, 5.74) is 1.33. The van der Waals surface area contributed by atoms with E-state index in [1.54, 1.807) is 0 Å². The Morgan fingerprint density at radius 3 is 1.54 bits per heavy atom. The van der Waals surface area contributed by atoms with Gasteiger partial charge in [0.25, 0.3) is 0 Å². The summed E-state index contributed by atoms with van der Waals surface area (Å²) in [5.74, 6) is 0. The van der Waals surface area contributed by atoms with E-state index < -0.39 is 0 Å². The first-order chi connectivity index (χ1) is 5.86. The number of hydrogen-bond acceptors (Lipinski definition) is 3. The molecule has 0 aromatic carbocycles. The molecule has 0 heterocycles.